The maximum atomic E-state index is 4.42. The van der Waals surface area contributed by atoms with E-state index in [1.165, 1.54) is 16.8 Å². The van der Waals surface area contributed by atoms with E-state index >= 15 is 0 Å². The lowest BCUT2D eigenvalue weighted by Crippen LogP contribution is -1.93. The maximum Gasteiger partial charge on any atom is 0.0513 e. The highest BCUT2D eigenvalue weighted by molar-refractivity contribution is 5.58. The lowest BCUT2D eigenvalue weighted by atomic mass is 10.0. The second-order valence-electron chi connectivity index (χ2n) is 3.57. The fraction of sp³-hybridized carbons (Fsp3) is 0.364. The van der Waals surface area contributed by atoms with Crippen LogP contribution in [0.1, 0.15) is 36.6 Å². The summed E-state index contributed by atoms with van der Waals surface area (Å²) in [5.41, 5.74) is 3.86. The highest BCUT2D eigenvalue weighted by Crippen LogP contribution is 2.21. The van der Waals surface area contributed by atoms with Gasteiger partial charge in [-0.15, -0.1) is 0 Å². The van der Waals surface area contributed by atoms with Gasteiger partial charge in [0.15, 0.2) is 0 Å². The molecule has 1 aromatic heterocycles. The first kappa shape index (κ1) is 7.53. The zero-order valence-corrected chi connectivity index (χ0v) is 7.54. The molecule has 2 rings (SSSR count). The van der Waals surface area contributed by atoms with Crippen molar-refractivity contribution in [1.82, 2.24) is 4.98 Å². The second kappa shape index (κ2) is 2.74. The van der Waals surface area contributed by atoms with Crippen LogP contribution in [-0.2, 0) is 6.42 Å². The second-order valence-corrected chi connectivity index (χ2v) is 3.57. The summed E-state index contributed by atoms with van der Waals surface area (Å²) in [6, 6.07) is 2.25. The minimum absolute atomic E-state index is 0.580. The minimum atomic E-state index is 0.580. The summed E-state index contributed by atoms with van der Waals surface area (Å²) < 4.78 is 0. The summed E-state index contributed by atoms with van der Waals surface area (Å²) in [5.74, 6) is 0.580. The molecule has 0 fully saturated rings. The van der Waals surface area contributed by atoms with Crippen LogP contribution in [0.2, 0.25) is 0 Å². The topological polar surface area (TPSA) is 12.9 Å². The van der Waals surface area contributed by atoms with Gasteiger partial charge in [-0.25, -0.2) is 0 Å². The highest BCUT2D eigenvalue weighted by atomic mass is 14.7. The Morgan fingerprint density at radius 3 is 3.00 bits per heavy atom. The van der Waals surface area contributed by atoms with Crippen molar-refractivity contribution in [2.24, 2.45) is 0 Å². The summed E-state index contributed by atoms with van der Waals surface area (Å²) >= 11 is 0. The molecule has 1 aliphatic rings. The van der Waals surface area contributed by atoms with Crippen molar-refractivity contribution in [2.45, 2.75) is 26.2 Å². The molecule has 0 unspecified atom stereocenters. The van der Waals surface area contributed by atoms with Crippen molar-refractivity contribution < 1.29 is 0 Å². The molecule has 0 spiro atoms. The molecule has 12 heavy (non-hydrogen) atoms. The molecule has 0 bridgehead atoms. The van der Waals surface area contributed by atoms with Crippen LogP contribution in [0.25, 0.3) is 6.08 Å². The summed E-state index contributed by atoms with van der Waals surface area (Å²) in [6.07, 6.45) is 7.33. The number of hydrogen-bond donors (Lipinski definition) is 0. The van der Waals surface area contributed by atoms with Gasteiger partial charge < -0.3 is 0 Å². The Morgan fingerprint density at radius 1 is 1.42 bits per heavy atom. The lowest BCUT2D eigenvalue weighted by molar-refractivity contribution is 0.853. The lowest BCUT2D eigenvalue weighted by Gasteiger charge is -2.06. The Balaban J connectivity index is 2.44. The first-order valence-electron chi connectivity index (χ1n) is 4.43. The van der Waals surface area contributed by atoms with E-state index in [0.29, 0.717) is 5.92 Å². The third-order valence-electron chi connectivity index (χ3n) is 2.30. The molecule has 1 nitrogen and oxygen atoms in total. The largest absolute Gasteiger partial charge is 0.260 e. The number of rotatable bonds is 1. The molecule has 1 heteroatoms. The normalized spacial score (nSPS) is 13.9. The molecule has 62 valence electrons. The van der Waals surface area contributed by atoms with Gasteiger partial charge in [0.05, 0.1) is 5.69 Å². The highest BCUT2D eigenvalue weighted by Gasteiger charge is 2.08. The standard InChI is InChI=1S/C11H13N/c1-8(2)10-6-9-4-3-5-11(9)12-7-10/h3-4,6-8H,5H2,1-2H3. The third-order valence-corrected chi connectivity index (χ3v) is 2.30. The number of hydrogen-bond acceptors (Lipinski definition) is 1. The number of nitrogens with zero attached hydrogens (tertiary/aromatic N) is 1. The van der Waals surface area contributed by atoms with E-state index < -0.39 is 0 Å². The molecule has 0 N–H and O–H groups in total. The van der Waals surface area contributed by atoms with Gasteiger partial charge in [0.1, 0.15) is 0 Å². The van der Waals surface area contributed by atoms with Crippen LogP contribution in [0.5, 0.6) is 0 Å². The Kier molecular flexibility index (Phi) is 1.72. The van der Waals surface area contributed by atoms with E-state index in [2.05, 4.69) is 37.0 Å². The monoisotopic (exact) mass is 159 g/mol. The first-order chi connectivity index (χ1) is 5.77. The third kappa shape index (κ3) is 1.15. The number of allylic oxidation sites excluding steroid dienone is 1. The van der Waals surface area contributed by atoms with Crippen LogP contribution in [0, 0.1) is 0 Å². The van der Waals surface area contributed by atoms with E-state index in [1.807, 2.05) is 6.20 Å². The molecule has 1 heterocycles. The molecule has 0 saturated carbocycles. The van der Waals surface area contributed by atoms with E-state index in [-0.39, 0.29) is 0 Å². The summed E-state index contributed by atoms with van der Waals surface area (Å²) in [6.45, 7) is 4.39. The zero-order chi connectivity index (χ0) is 8.55. The van der Waals surface area contributed by atoms with E-state index in [4.69, 9.17) is 0 Å². The van der Waals surface area contributed by atoms with Crippen molar-refractivity contribution in [3.8, 4) is 0 Å². The Hall–Kier alpha value is -1.11. The van der Waals surface area contributed by atoms with Crippen molar-refractivity contribution in [1.29, 1.82) is 0 Å². The smallest absolute Gasteiger partial charge is 0.0513 e. The molecular formula is C11H13N. The van der Waals surface area contributed by atoms with Crippen molar-refractivity contribution >= 4 is 6.08 Å². The summed E-state index contributed by atoms with van der Waals surface area (Å²) in [5, 5.41) is 0. The first-order valence-corrected chi connectivity index (χ1v) is 4.43. The van der Waals surface area contributed by atoms with Crippen LogP contribution in [-0.4, -0.2) is 4.98 Å². The van der Waals surface area contributed by atoms with Crippen molar-refractivity contribution in [2.75, 3.05) is 0 Å². The van der Waals surface area contributed by atoms with E-state index in [0.717, 1.165) is 6.42 Å². The van der Waals surface area contributed by atoms with Gasteiger partial charge >= 0.3 is 0 Å². The Labute approximate surface area is 73.1 Å². The molecule has 0 aromatic carbocycles. The molecule has 0 radical (unpaired) electrons. The Bertz CT molecular complexity index is 324. The van der Waals surface area contributed by atoms with Gasteiger partial charge in [-0.2, -0.15) is 0 Å². The van der Waals surface area contributed by atoms with Gasteiger partial charge in [0.2, 0.25) is 0 Å². The van der Waals surface area contributed by atoms with Crippen LogP contribution >= 0.6 is 0 Å². The fourth-order valence-corrected chi connectivity index (χ4v) is 1.46. The average Bonchev–Trinajstić information content (AvgIpc) is 2.49. The van der Waals surface area contributed by atoms with E-state index in [1.54, 1.807) is 0 Å². The molecule has 0 atom stereocenters. The minimum Gasteiger partial charge on any atom is -0.260 e. The number of fused-ring (bicyclic) bond motifs is 1. The van der Waals surface area contributed by atoms with Crippen molar-refractivity contribution in [3.63, 3.8) is 0 Å². The SMILES string of the molecule is CC(C)c1cnc2c(c1)C=CC2. The van der Waals surface area contributed by atoms with Gasteiger partial charge in [-0.05, 0) is 23.1 Å². The van der Waals surface area contributed by atoms with Crippen molar-refractivity contribution in [3.05, 3.63) is 35.2 Å². The molecule has 1 aliphatic carbocycles. The van der Waals surface area contributed by atoms with Gasteiger partial charge in [0.25, 0.3) is 0 Å². The van der Waals surface area contributed by atoms with Crippen LogP contribution in [0.4, 0.5) is 0 Å². The number of aromatic nitrogens is 1. The number of pyridine rings is 1. The van der Waals surface area contributed by atoms with E-state index in [9.17, 15) is 0 Å². The molecular weight excluding hydrogens is 146 g/mol. The maximum absolute atomic E-state index is 4.42. The van der Waals surface area contributed by atoms with Gasteiger partial charge in [-0.1, -0.05) is 26.0 Å². The molecule has 0 aliphatic heterocycles. The van der Waals surface area contributed by atoms with Crippen LogP contribution < -0.4 is 0 Å². The van der Waals surface area contributed by atoms with Gasteiger partial charge in [-0.3, -0.25) is 4.98 Å². The van der Waals surface area contributed by atoms with Gasteiger partial charge in [0, 0.05) is 12.6 Å². The molecule has 0 amide bonds. The molecule has 0 saturated heterocycles. The summed E-state index contributed by atoms with van der Waals surface area (Å²) in [7, 11) is 0. The average molecular weight is 159 g/mol. The Morgan fingerprint density at radius 2 is 2.25 bits per heavy atom. The van der Waals surface area contributed by atoms with Crippen LogP contribution in [0.3, 0.4) is 0 Å². The quantitative estimate of drug-likeness (QED) is 0.614. The summed E-state index contributed by atoms with van der Waals surface area (Å²) in [4.78, 5) is 4.42. The predicted octanol–water partition coefficient (Wildman–Crippen LogP) is 2.77. The predicted molar refractivity (Wildman–Crippen MR) is 51.1 cm³/mol. The fourth-order valence-electron chi connectivity index (χ4n) is 1.46. The zero-order valence-electron chi connectivity index (χ0n) is 7.54. The molecule has 1 aromatic rings. The van der Waals surface area contributed by atoms with Crippen LogP contribution in [0.15, 0.2) is 18.3 Å².